The summed E-state index contributed by atoms with van der Waals surface area (Å²) in [5.41, 5.74) is -0.380. The van der Waals surface area contributed by atoms with Crippen molar-refractivity contribution >= 4 is 53.1 Å². The van der Waals surface area contributed by atoms with Crippen molar-refractivity contribution in [1.82, 2.24) is 5.32 Å². The summed E-state index contributed by atoms with van der Waals surface area (Å²) in [6.45, 7) is 4.42. The number of rotatable bonds is 43. The highest BCUT2D eigenvalue weighted by Crippen LogP contribution is 2.19. The van der Waals surface area contributed by atoms with Crippen LogP contribution in [-0.2, 0) is 33.4 Å². The summed E-state index contributed by atoms with van der Waals surface area (Å²) in [5.74, 6) is -5.16. The summed E-state index contributed by atoms with van der Waals surface area (Å²) in [7, 11) is 0. The highest BCUT2D eigenvalue weighted by molar-refractivity contribution is 7.99. The van der Waals surface area contributed by atoms with Crippen LogP contribution in [0.5, 0.6) is 0 Å². The normalized spacial score (nSPS) is 12.0. The first-order chi connectivity index (χ1) is 31.0. The second-order valence-corrected chi connectivity index (χ2v) is 18.3. The van der Waals surface area contributed by atoms with E-state index in [2.05, 4.69) is 24.5 Å². The van der Waals surface area contributed by atoms with Gasteiger partial charge < -0.3 is 30.3 Å². The molecule has 4 N–H and O–H groups in total. The molecule has 1 aromatic carbocycles. The molecule has 0 fully saturated rings. The third-order valence-corrected chi connectivity index (χ3v) is 12.3. The Morgan fingerprint density at radius 3 is 1.55 bits per heavy atom. The van der Waals surface area contributed by atoms with Gasteiger partial charge in [-0.3, -0.25) is 24.0 Å². The third kappa shape index (κ3) is 32.9. The van der Waals surface area contributed by atoms with Crippen molar-refractivity contribution in [2.75, 3.05) is 23.4 Å². The topological polar surface area (TPSA) is 185 Å². The van der Waals surface area contributed by atoms with Gasteiger partial charge in [-0.2, -0.15) is 11.8 Å². The van der Waals surface area contributed by atoms with Gasteiger partial charge in [-0.25, -0.2) is 9.18 Å². The van der Waals surface area contributed by atoms with Gasteiger partial charge in [0.2, 0.25) is 5.91 Å². The van der Waals surface area contributed by atoms with Gasteiger partial charge in [0, 0.05) is 42.9 Å². The maximum Gasteiger partial charge on any atom is 0.326 e. The number of hydrogen-bond donors (Lipinski definition) is 4. The molecule has 2 amide bonds. The molecular formula is C50H83FN2O10S. The molecule has 2 atom stereocenters. The largest absolute Gasteiger partial charge is 0.481 e. The average molecular weight is 923 g/mol. The molecule has 12 nitrogen and oxygen atoms in total. The number of carbonyl (C=O) groups is 6. The molecule has 0 bridgehead atoms. The lowest BCUT2D eigenvalue weighted by Gasteiger charge is -2.18. The van der Waals surface area contributed by atoms with Crippen LogP contribution in [0.25, 0.3) is 0 Å². The molecular weight excluding hydrogens is 840 g/mol. The first kappa shape index (κ1) is 58.3. The van der Waals surface area contributed by atoms with Crippen LogP contribution in [0.4, 0.5) is 10.1 Å². The second kappa shape index (κ2) is 39.7. The first-order valence-corrected chi connectivity index (χ1v) is 25.9. The van der Waals surface area contributed by atoms with Crippen LogP contribution in [0.3, 0.4) is 0 Å². The number of anilines is 1. The molecule has 1 rings (SSSR count). The van der Waals surface area contributed by atoms with E-state index >= 15 is 0 Å². The van der Waals surface area contributed by atoms with Crippen molar-refractivity contribution in [3.8, 4) is 0 Å². The number of amides is 2. The highest BCUT2D eigenvalue weighted by Gasteiger charge is 2.24. The minimum absolute atomic E-state index is 0.0385. The van der Waals surface area contributed by atoms with E-state index in [0.29, 0.717) is 17.9 Å². The zero-order valence-electron chi connectivity index (χ0n) is 39.4. The van der Waals surface area contributed by atoms with Gasteiger partial charge >= 0.3 is 23.9 Å². The van der Waals surface area contributed by atoms with Crippen molar-refractivity contribution < 1.29 is 52.8 Å². The lowest BCUT2D eigenvalue weighted by Crippen LogP contribution is -2.41. The predicted molar refractivity (Wildman–Crippen MR) is 254 cm³/mol. The highest BCUT2D eigenvalue weighted by atomic mass is 32.2. The van der Waals surface area contributed by atoms with Crippen molar-refractivity contribution in [3.05, 3.63) is 29.6 Å². The van der Waals surface area contributed by atoms with E-state index < -0.39 is 53.7 Å². The van der Waals surface area contributed by atoms with Crippen LogP contribution in [0, 0.1) is 5.82 Å². The quantitative estimate of drug-likeness (QED) is 0.0361. The van der Waals surface area contributed by atoms with E-state index in [4.69, 9.17) is 14.6 Å². The van der Waals surface area contributed by atoms with Gasteiger partial charge in [0.25, 0.3) is 5.91 Å². The zero-order valence-corrected chi connectivity index (χ0v) is 40.2. The van der Waals surface area contributed by atoms with E-state index in [1.165, 1.54) is 140 Å². The Bertz CT molecular complexity index is 1450. The fourth-order valence-electron chi connectivity index (χ4n) is 7.33. The number of thioether (sulfide) groups is 1. The maximum absolute atomic E-state index is 14.8. The van der Waals surface area contributed by atoms with Crippen LogP contribution in [-0.4, -0.2) is 76.2 Å². The molecule has 0 radical (unpaired) electrons. The van der Waals surface area contributed by atoms with E-state index in [-0.39, 0.29) is 43.5 Å². The molecule has 0 saturated heterocycles. The maximum atomic E-state index is 14.8. The standard InChI is InChI=1S/C50H83FN2O10S/c1-3-5-7-9-11-13-15-17-19-21-23-25-27-29-47(57)62-38-41(63-48(58)30-28-26-24-22-20-18-16-14-12-10-8-6-4-2)39-64-36-35-45(54)52-40-31-32-42(43(51)37-40)49(59)53-44(50(60)61)33-34-46(55)56/h31-32,37,41,44H,3-30,33-36,38-39H2,1-2H3,(H,52,54)(H,53,59)(H,55,56)(H,60,61)/t41?,44-/m0/s1. The number of unbranched alkanes of at least 4 members (excludes halogenated alkanes) is 24. The second-order valence-electron chi connectivity index (χ2n) is 17.1. The molecule has 0 aliphatic carbocycles. The molecule has 64 heavy (non-hydrogen) atoms. The van der Waals surface area contributed by atoms with Crippen LogP contribution >= 0.6 is 11.8 Å². The molecule has 0 aliphatic rings. The van der Waals surface area contributed by atoms with Crippen molar-refractivity contribution in [2.45, 2.75) is 225 Å². The minimum atomic E-state index is -1.52. The van der Waals surface area contributed by atoms with Gasteiger partial charge in [-0.1, -0.05) is 168 Å². The number of ether oxygens (including phenoxy) is 2. The number of aliphatic carboxylic acids is 2. The van der Waals surface area contributed by atoms with Gasteiger partial charge in [0.1, 0.15) is 24.6 Å². The Hall–Kier alpha value is -3.68. The SMILES string of the molecule is CCCCCCCCCCCCCCCC(=O)OCC(CSCCC(=O)Nc1ccc(C(=O)N[C@@H](CCC(=O)O)C(=O)O)c(F)c1)OC(=O)CCCCCCCCCCCCCCC. The van der Waals surface area contributed by atoms with E-state index in [1.807, 2.05) is 0 Å². The summed E-state index contributed by atoms with van der Waals surface area (Å²) in [6.07, 6.45) is 30.5. The zero-order chi connectivity index (χ0) is 47.0. The third-order valence-electron chi connectivity index (χ3n) is 11.2. The molecule has 0 heterocycles. The van der Waals surface area contributed by atoms with Crippen molar-refractivity contribution in [3.63, 3.8) is 0 Å². The number of halogens is 1. The van der Waals surface area contributed by atoms with E-state index in [1.54, 1.807) is 0 Å². The smallest absolute Gasteiger partial charge is 0.326 e. The lowest BCUT2D eigenvalue weighted by atomic mass is 10.0. The molecule has 1 aromatic rings. The van der Waals surface area contributed by atoms with E-state index in [0.717, 1.165) is 57.1 Å². The number of carbonyl (C=O) groups excluding carboxylic acids is 4. The van der Waals surface area contributed by atoms with Crippen LogP contribution in [0.15, 0.2) is 18.2 Å². The van der Waals surface area contributed by atoms with Gasteiger partial charge in [-0.15, -0.1) is 0 Å². The molecule has 0 aromatic heterocycles. The molecule has 0 saturated carbocycles. The van der Waals surface area contributed by atoms with Crippen molar-refractivity contribution in [2.24, 2.45) is 0 Å². The Morgan fingerprint density at radius 1 is 0.625 bits per heavy atom. The lowest BCUT2D eigenvalue weighted by molar-refractivity contribution is -0.157. The number of esters is 2. The van der Waals surface area contributed by atoms with Gasteiger partial charge in [0.05, 0.1) is 5.56 Å². The summed E-state index contributed by atoms with van der Waals surface area (Å²) < 4.78 is 26.2. The molecule has 0 aliphatic heterocycles. The van der Waals surface area contributed by atoms with E-state index in [9.17, 15) is 38.3 Å². The fourth-order valence-corrected chi connectivity index (χ4v) is 8.26. The van der Waals surface area contributed by atoms with Crippen LogP contribution in [0.1, 0.15) is 223 Å². The van der Waals surface area contributed by atoms with Gasteiger partial charge in [0.15, 0.2) is 0 Å². The van der Waals surface area contributed by atoms with Gasteiger partial charge in [-0.05, 0) is 37.5 Å². The number of nitrogens with one attached hydrogen (secondary N) is 2. The van der Waals surface area contributed by atoms with Crippen LogP contribution in [0.2, 0.25) is 0 Å². The number of carboxylic acid groups (broad SMARTS) is 2. The van der Waals surface area contributed by atoms with Crippen LogP contribution < -0.4 is 10.6 Å². The Balaban J connectivity index is 2.53. The number of hydrogen-bond acceptors (Lipinski definition) is 9. The predicted octanol–water partition coefficient (Wildman–Crippen LogP) is 12.4. The number of carboxylic acids is 2. The summed E-state index contributed by atoms with van der Waals surface area (Å²) in [4.78, 5) is 72.9. The molecule has 14 heteroatoms. The summed E-state index contributed by atoms with van der Waals surface area (Å²) in [6, 6.07) is 1.82. The molecule has 1 unspecified atom stereocenters. The summed E-state index contributed by atoms with van der Waals surface area (Å²) in [5, 5.41) is 22.8. The monoisotopic (exact) mass is 923 g/mol. The minimum Gasteiger partial charge on any atom is -0.481 e. The molecule has 0 spiro atoms. The Kier molecular flexibility index (Phi) is 36.2. The fraction of sp³-hybridized carbons (Fsp3) is 0.760. The Morgan fingerprint density at radius 2 is 1.09 bits per heavy atom. The molecule has 366 valence electrons. The number of benzene rings is 1. The van der Waals surface area contributed by atoms with Crippen molar-refractivity contribution in [1.29, 1.82) is 0 Å². The summed E-state index contributed by atoms with van der Waals surface area (Å²) >= 11 is 1.36. The Labute approximate surface area is 388 Å². The average Bonchev–Trinajstić information content (AvgIpc) is 3.25. The first-order valence-electron chi connectivity index (χ1n) is 24.7.